The zero-order valence-corrected chi connectivity index (χ0v) is 11.8. The summed E-state index contributed by atoms with van der Waals surface area (Å²) in [5.41, 5.74) is 0. The highest BCUT2D eigenvalue weighted by molar-refractivity contribution is 7.80. The number of hydrogen-bond donors (Lipinski definition) is 1. The first-order valence-corrected chi connectivity index (χ1v) is 7.10. The van der Waals surface area contributed by atoms with Crippen LogP contribution in [0.4, 0.5) is 0 Å². The predicted octanol–water partition coefficient (Wildman–Crippen LogP) is 3.17. The van der Waals surface area contributed by atoms with Crippen molar-refractivity contribution in [2.24, 2.45) is 5.92 Å². The SMILES string of the molecule is CCC1CCCCCN1C(=S)NCC(C)C. The second-order valence-electron chi connectivity index (χ2n) is 5.18. The Morgan fingerprint density at radius 3 is 2.75 bits per heavy atom. The van der Waals surface area contributed by atoms with Gasteiger partial charge in [0.2, 0.25) is 0 Å². The van der Waals surface area contributed by atoms with Gasteiger partial charge < -0.3 is 10.2 Å². The fourth-order valence-electron chi connectivity index (χ4n) is 2.26. The van der Waals surface area contributed by atoms with Crippen LogP contribution in [-0.2, 0) is 0 Å². The highest BCUT2D eigenvalue weighted by Gasteiger charge is 2.21. The molecule has 1 fully saturated rings. The second-order valence-corrected chi connectivity index (χ2v) is 5.57. The third-order valence-corrected chi connectivity index (χ3v) is 3.65. The topological polar surface area (TPSA) is 15.3 Å². The number of likely N-dealkylation sites (tertiary alicyclic amines) is 1. The minimum Gasteiger partial charge on any atom is -0.362 e. The smallest absolute Gasteiger partial charge is 0.169 e. The van der Waals surface area contributed by atoms with Gasteiger partial charge in [0.15, 0.2) is 5.11 Å². The van der Waals surface area contributed by atoms with Crippen molar-refractivity contribution in [1.29, 1.82) is 0 Å². The normalized spacial score (nSPS) is 22.0. The van der Waals surface area contributed by atoms with Crippen molar-refractivity contribution in [3.8, 4) is 0 Å². The molecule has 1 unspecified atom stereocenters. The Morgan fingerprint density at radius 1 is 1.38 bits per heavy atom. The van der Waals surface area contributed by atoms with E-state index in [2.05, 4.69) is 31.0 Å². The van der Waals surface area contributed by atoms with Gasteiger partial charge in [0.1, 0.15) is 0 Å². The van der Waals surface area contributed by atoms with Crippen molar-refractivity contribution in [3.63, 3.8) is 0 Å². The molecule has 94 valence electrons. The van der Waals surface area contributed by atoms with Gasteiger partial charge >= 0.3 is 0 Å². The van der Waals surface area contributed by atoms with Crippen molar-refractivity contribution >= 4 is 17.3 Å². The Bertz CT molecular complexity index is 216. The monoisotopic (exact) mass is 242 g/mol. The maximum absolute atomic E-state index is 5.51. The molecule has 0 aromatic heterocycles. The first-order valence-electron chi connectivity index (χ1n) is 6.69. The molecule has 1 rings (SSSR count). The van der Waals surface area contributed by atoms with E-state index >= 15 is 0 Å². The molecule has 0 radical (unpaired) electrons. The number of thiocarbonyl (C=S) groups is 1. The average molecular weight is 242 g/mol. The van der Waals surface area contributed by atoms with Gasteiger partial charge in [0.05, 0.1) is 0 Å². The third kappa shape index (κ3) is 4.28. The van der Waals surface area contributed by atoms with Crippen LogP contribution < -0.4 is 5.32 Å². The van der Waals surface area contributed by atoms with E-state index in [4.69, 9.17) is 12.2 Å². The molecule has 1 atom stereocenters. The Morgan fingerprint density at radius 2 is 2.12 bits per heavy atom. The van der Waals surface area contributed by atoms with Crippen LogP contribution in [0, 0.1) is 5.92 Å². The van der Waals surface area contributed by atoms with Crippen LogP contribution in [-0.4, -0.2) is 29.1 Å². The summed E-state index contributed by atoms with van der Waals surface area (Å²) in [5, 5.41) is 4.38. The van der Waals surface area contributed by atoms with E-state index in [1.165, 1.54) is 32.1 Å². The summed E-state index contributed by atoms with van der Waals surface area (Å²) in [6.07, 6.45) is 6.53. The largest absolute Gasteiger partial charge is 0.362 e. The standard InChI is InChI=1S/C13H26N2S/c1-4-12-8-6-5-7-9-15(12)13(16)14-10-11(2)3/h11-12H,4-10H2,1-3H3,(H,14,16). The summed E-state index contributed by atoms with van der Waals surface area (Å²) < 4.78 is 0. The molecule has 0 amide bonds. The summed E-state index contributed by atoms with van der Waals surface area (Å²) in [4.78, 5) is 2.42. The molecule has 16 heavy (non-hydrogen) atoms. The van der Waals surface area contributed by atoms with Gasteiger partial charge in [0, 0.05) is 19.1 Å². The van der Waals surface area contributed by atoms with E-state index in [-0.39, 0.29) is 0 Å². The lowest BCUT2D eigenvalue weighted by Gasteiger charge is -2.32. The molecule has 0 aromatic carbocycles. The van der Waals surface area contributed by atoms with Gasteiger partial charge in [-0.15, -0.1) is 0 Å². The lowest BCUT2D eigenvalue weighted by Crippen LogP contribution is -2.46. The molecule has 3 heteroatoms. The lowest BCUT2D eigenvalue weighted by molar-refractivity contribution is 0.302. The molecule has 0 bridgehead atoms. The molecule has 0 aliphatic carbocycles. The second kappa shape index (κ2) is 7.10. The van der Waals surface area contributed by atoms with Crippen LogP contribution >= 0.6 is 12.2 Å². The molecule has 0 aromatic rings. The minimum absolute atomic E-state index is 0.657. The Labute approximate surface area is 106 Å². The summed E-state index contributed by atoms with van der Waals surface area (Å²) >= 11 is 5.51. The van der Waals surface area contributed by atoms with Crippen LogP contribution in [0.3, 0.4) is 0 Å². The van der Waals surface area contributed by atoms with Crippen LogP contribution in [0.2, 0.25) is 0 Å². The van der Waals surface area contributed by atoms with E-state index in [1.54, 1.807) is 0 Å². The van der Waals surface area contributed by atoms with E-state index < -0.39 is 0 Å². The van der Waals surface area contributed by atoms with Crippen LogP contribution in [0.5, 0.6) is 0 Å². The first-order chi connectivity index (χ1) is 7.65. The molecule has 1 aliphatic rings. The van der Waals surface area contributed by atoms with Crippen LogP contribution in [0.25, 0.3) is 0 Å². The molecular weight excluding hydrogens is 216 g/mol. The first kappa shape index (κ1) is 13.8. The Hall–Kier alpha value is -0.310. The molecule has 1 aliphatic heterocycles. The number of nitrogens with zero attached hydrogens (tertiary/aromatic N) is 1. The van der Waals surface area contributed by atoms with Gasteiger partial charge in [-0.1, -0.05) is 33.6 Å². The van der Waals surface area contributed by atoms with Gasteiger partial charge in [-0.05, 0) is 37.4 Å². The molecule has 0 spiro atoms. The fraction of sp³-hybridized carbons (Fsp3) is 0.923. The summed E-state index contributed by atoms with van der Waals surface area (Å²) in [5.74, 6) is 0.657. The van der Waals surface area contributed by atoms with E-state index in [0.717, 1.165) is 18.2 Å². The molecule has 0 saturated carbocycles. The molecule has 1 heterocycles. The van der Waals surface area contributed by atoms with E-state index in [1.807, 2.05) is 0 Å². The van der Waals surface area contributed by atoms with E-state index in [9.17, 15) is 0 Å². The predicted molar refractivity (Wildman–Crippen MR) is 74.7 cm³/mol. The van der Waals surface area contributed by atoms with Gasteiger partial charge in [-0.2, -0.15) is 0 Å². The zero-order valence-electron chi connectivity index (χ0n) is 11.0. The molecule has 2 nitrogen and oxygen atoms in total. The highest BCUT2D eigenvalue weighted by atomic mass is 32.1. The van der Waals surface area contributed by atoms with Crippen molar-refractivity contribution in [2.45, 2.75) is 58.9 Å². The minimum atomic E-state index is 0.657. The van der Waals surface area contributed by atoms with E-state index in [0.29, 0.717) is 12.0 Å². The zero-order chi connectivity index (χ0) is 12.0. The van der Waals surface area contributed by atoms with Gasteiger partial charge in [0.25, 0.3) is 0 Å². The van der Waals surface area contributed by atoms with Crippen LogP contribution in [0.15, 0.2) is 0 Å². The van der Waals surface area contributed by atoms with Gasteiger partial charge in [-0.3, -0.25) is 0 Å². The fourth-order valence-corrected chi connectivity index (χ4v) is 2.59. The van der Waals surface area contributed by atoms with Crippen molar-refractivity contribution in [2.75, 3.05) is 13.1 Å². The average Bonchev–Trinajstić information content (AvgIpc) is 2.50. The van der Waals surface area contributed by atoms with Gasteiger partial charge in [-0.25, -0.2) is 0 Å². The third-order valence-electron chi connectivity index (χ3n) is 3.27. The maximum Gasteiger partial charge on any atom is 0.169 e. The van der Waals surface area contributed by atoms with Crippen molar-refractivity contribution < 1.29 is 0 Å². The summed E-state index contributed by atoms with van der Waals surface area (Å²) in [7, 11) is 0. The van der Waals surface area contributed by atoms with Crippen molar-refractivity contribution in [3.05, 3.63) is 0 Å². The number of hydrogen-bond acceptors (Lipinski definition) is 1. The molecule has 1 N–H and O–H groups in total. The number of nitrogens with one attached hydrogen (secondary N) is 1. The quantitative estimate of drug-likeness (QED) is 0.765. The maximum atomic E-state index is 5.51. The number of rotatable bonds is 3. The van der Waals surface area contributed by atoms with Crippen LogP contribution in [0.1, 0.15) is 52.9 Å². The Balaban J connectivity index is 2.49. The molecule has 1 saturated heterocycles. The lowest BCUT2D eigenvalue weighted by atomic mass is 10.1. The Kier molecular flexibility index (Phi) is 6.10. The summed E-state index contributed by atoms with van der Waals surface area (Å²) in [6.45, 7) is 8.84. The van der Waals surface area contributed by atoms with Crippen molar-refractivity contribution in [1.82, 2.24) is 10.2 Å². The molecular formula is C13H26N2S. The highest BCUT2D eigenvalue weighted by Crippen LogP contribution is 2.19. The summed E-state index contributed by atoms with van der Waals surface area (Å²) in [6, 6.07) is 0.662.